The average Bonchev–Trinajstić information content (AvgIpc) is 3.06. The fourth-order valence-corrected chi connectivity index (χ4v) is 4.42. The summed E-state index contributed by atoms with van der Waals surface area (Å²) in [5.41, 5.74) is 2.77. The number of halogens is 2. The standard InChI is InChI=1S/C24H19ClFN3OS/c25-20-10-6-18(7-11-20)15-27-28-24-29(16-19-4-2-1-3-5-19)23(30)22(31-24)14-17-8-12-21(26)13-9-17/h1-13,15,22H,14,16H2/b27-15-,28-24-/t22-/m1/s1. The first-order valence-electron chi connectivity index (χ1n) is 9.71. The summed E-state index contributed by atoms with van der Waals surface area (Å²) in [4.78, 5) is 14.8. The normalized spacial score (nSPS) is 17.7. The number of benzene rings is 3. The van der Waals surface area contributed by atoms with E-state index in [-0.39, 0.29) is 17.0 Å². The van der Waals surface area contributed by atoms with Gasteiger partial charge in [-0.2, -0.15) is 5.10 Å². The summed E-state index contributed by atoms with van der Waals surface area (Å²) in [7, 11) is 0. The maximum atomic E-state index is 13.2. The van der Waals surface area contributed by atoms with Gasteiger partial charge < -0.3 is 0 Å². The Morgan fingerprint density at radius 1 is 0.968 bits per heavy atom. The molecule has 0 radical (unpaired) electrons. The van der Waals surface area contributed by atoms with Gasteiger partial charge in [0.15, 0.2) is 5.17 Å². The maximum absolute atomic E-state index is 13.2. The SMILES string of the molecule is O=C1[C@@H](Cc2ccc(F)cc2)S/C(=N\N=C/c2ccc(Cl)cc2)N1Cc1ccccc1. The minimum Gasteiger partial charge on any atom is -0.284 e. The van der Waals surface area contributed by atoms with Crippen LogP contribution in [0.4, 0.5) is 4.39 Å². The van der Waals surface area contributed by atoms with Gasteiger partial charge in [0, 0.05) is 5.02 Å². The Kier molecular flexibility index (Phi) is 6.79. The lowest BCUT2D eigenvalue weighted by molar-refractivity contribution is -0.126. The highest BCUT2D eigenvalue weighted by Crippen LogP contribution is 2.31. The molecule has 0 spiro atoms. The smallest absolute Gasteiger partial charge is 0.242 e. The molecule has 4 nitrogen and oxygen atoms in total. The molecule has 0 aliphatic carbocycles. The Morgan fingerprint density at radius 2 is 1.68 bits per heavy atom. The topological polar surface area (TPSA) is 45.0 Å². The van der Waals surface area contributed by atoms with E-state index in [0.717, 1.165) is 16.7 Å². The van der Waals surface area contributed by atoms with E-state index in [9.17, 15) is 9.18 Å². The molecule has 4 rings (SSSR count). The van der Waals surface area contributed by atoms with Crippen molar-refractivity contribution in [1.29, 1.82) is 0 Å². The van der Waals surface area contributed by atoms with Crippen LogP contribution in [0.2, 0.25) is 5.02 Å². The zero-order valence-electron chi connectivity index (χ0n) is 16.5. The summed E-state index contributed by atoms with van der Waals surface area (Å²) in [5.74, 6) is -0.322. The number of carbonyl (C=O) groups is 1. The highest BCUT2D eigenvalue weighted by molar-refractivity contribution is 8.15. The summed E-state index contributed by atoms with van der Waals surface area (Å²) in [6.45, 7) is 0.419. The zero-order valence-corrected chi connectivity index (χ0v) is 18.1. The van der Waals surface area contributed by atoms with E-state index < -0.39 is 0 Å². The number of thioether (sulfide) groups is 1. The Hall–Kier alpha value is -2.96. The highest BCUT2D eigenvalue weighted by atomic mass is 35.5. The Bertz CT molecular complexity index is 1100. The van der Waals surface area contributed by atoms with Crippen LogP contribution in [-0.4, -0.2) is 27.4 Å². The van der Waals surface area contributed by atoms with Crippen LogP contribution in [0.1, 0.15) is 16.7 Å². The van der Waals surface area contributed by atoms with Gasteiger partial charge in [0.2, 0.25) is 5.91 Å². The summed E-state index contributed by atoms with van der Waals surface area (Å²) in [6, 6.07) is 23.2. The van der Waals surface area contributed by atoms with Crippen molar-refractivity contribution < 1.29 is 9.18 Å². The third kappa shape index (κ3) is 5.60. The number of rotatable bonds is 6. The van der Waals surface area contributed by atoms with Crippen molar-refractivity contribution >= 4 is 40.7 Å². The third-order valence-corrected chi connectivity index (χ3v) is 6.18. The molecule has 0 unspecified atom stereocenters. The van der Waals surface area contributed by atoms with E-state index in [1.54, 1.807) is 35.4 Å². The van der Waals surface area contributed by atoms with Crippen molar-refractivity contribution in [2.75, 3.05) is 0 Å². The number of hydrogen-bond acceptors (Lipinski definition) is 4. The van der Waals surface area contributed by atoms with Gasteiger partial charge in [-0.25, -0.2) is 4.39 Å². The van der Waals surface area contributed by atoms with Crippen molar-refractivity contribution in [3.05, 3.63) is 106 Å². The van der Waals surface area contributed by atoms with E-state index in [2.05, 4.69) is 10.2 Å². The van der Waals surface area contributed by atoms with Gasteiger partial charge >= 0.3 is 0 Å². The first-order chi connectivity index (χ1) is 15.1. The van der Waals surface area contributed by atoms with Crippen molar-refractivity contribution in [3.63, 3.8) is 0 Å². The fourth-order valence-electron chi connectivity index (χ4n) is 3.16. The van der Waals surface area contributed by atoms with Gasteiger partial charge in [-0.05, 0) is 47.4 Å². The molecule has 7 heteroatoms. The molecule has 1 atom stereocenters. The van der Waals surface area contributed by atoms with Crippen molar-refractivity contribution in [2.45, 2.75) is 18.2 Å². The van der Waals surface area contributed by atoms with Gasteiger partial charge in [0.25, 0.3) is 0 Å². The molecule has 156 valence electrons. The second kappa shape index (κ2) is 9.90. The minimum atomic E-state index is -0.335. The predicted octanol–water partition coefficient (Wildman–Crippen LogP) is 5.56. The van der Waals surface area contributed by atoms with E-state index in [4.69, 9.17) is 11.6 Å². The largest absolute Gasteiger partial charge is 0.284 e. The number of hydrogen-bond donors (Lipinski definition) is 0. The van der Waals surface area contributed by atoms with E-state index in [1.165, 1.54) is 23.9 Å². The first-order valence-corrected chi connectivity index (χ1v) is 11.0. The molecule has 1 fully saturated rings. The minimum absolute atomic E-state index is 0.0291. The molecule has 3 aromatic rings. The second-order valence-electron chi connectivity index (χ2n) is 7.03. The first kappa shape index (κ1) is 21.3. The summed E-state index contributed by atoms with van der Waals surface area (Å²) in [5, 5.41) is 9.39. The number of carbonyl (C=O) groups excluding carboxylic acids is 1. The van der Waals surface area contributed by atoms with Crippen LogP contribution in [-0.2, 0) is 17.8 Å². The molecule has 0 N–H and O–H groups in total. The van der Waals surface area contributed by atoms with Crippen molar-refractivity contribution in [1.82, 2.24) is 4.90 Å². The molecule has 0 aromatic heterocycles. The van der Waals surface area contributed by atoms with Crippen molar-refractivity contribution in [2.24, 2.45) is 10.2 Å². The molecule has 0 saturated carbocycles. The number of amides is 1. The van der Waals surface area contributed by atoms with Crippen molar-refractivity contribution in [3.8, 4) is 0 Å². The Balaban J connectivity index is 1.55. The molecular weight excluding hydrogens is 433 g/mol. The average molecular weight is 452 g/mol. The summed E-state index contributed by atoms with van der Waals surface area (Å²) >= 11 is 7.29. The lowest BCUT2D eigenvalue weighted by Crippen LogP contribution is -2.32. The van der Waals surface area contributed by atoms with Crippen LogP contribution in [0.3, 0.4) is 0 Å². The zero-order chi connectivity index (χ0) is 21.6. The van der Waals surface area contributed by atoms with E-state index in [1.807, 2.05) is 42.5 Å². The van der Waals surface area contributed by atoms with Crippen LogP contribution in [0.5, 0.6) is 0 Å². The maximum Gasteiger partial charge on any atom is 0.242 e. The van der Waals surface area contributed by atoms with Crippen LogP contribution in [0, 0.1) is 5.82 Å². The molecule has 1 saturated heterocycles. The second-order valence-corrected chi connectivity index (χ2v) is 8.63. The van der Waals surface area contributed by atoms with Gasteiger partial charge in [-0.3, -0.25) is 9.69 Å². The monoisotopic (exact) mass is 451 g/mol. The Morgan fingerprint density at radius 3 is 2.39 bits per heavy atom. The molecule has 1 amide bonds. The molecule has 1 heterocycles. The van der Waals surface area contributed by atoms with Gasteiger partial charge in [0.05, 0.1) is 18.0 Å². The molecular formula is C24H19ClFN3OS. The molecule has 0 bridgehead atoms. The third-order valence-electron chi connectivity index (χ3n) is 4.76. The van der Waals surface area contributed by atoms with Gasteiger partial charge in [-0.1, -0.05) is 78.0 Å². The van der Waals surface area contributed by atoms with Crippen LogP contribution >= 0.6 is 23.4 Å². The quantitative estimate of drug-likeness (QED) is 0.364. The van der Waals surface area contributed by atoms with E-state index in [0.29, 0.717) is 23.2 Å². The van der Waals surface area contributed by atoms with Crippen LogP contribution in [0.15, 0.2) is 89.1 Å². The van der Waals surface area contributed by atoms with Crippen LogP contribution in [0.25, 0.3) is 0 Å². The van der Waals surface area contributed by atoms with Gasteiger partial charge in [-0.15, -0.1) is 5.10 Å². The number of amidine groups is 1. The summed E-state index contributed by atoms with van der Waals surface area (Å²) < 4.78 is 13.2. The lowest BCUT2D eigenvalue weighted by atomic mass is 10.1. The fraction of sp³-hybridized carbons (Fsp3) is 0.125. The molecule has 1 aliphatic rings. The number of nitrogens with zero attached hydrogens (tertiary/aromatic N) is 3. The predicted molar refractivity (Wildman–Crippen MR) is 125 cm³/mol. The molecule has 3 aromatic carbocycles. The summed E-state index contributed by atoms with van der Waals surface area (Å²) in [6.07, 6.45) is 2.12. The Labute approximate surface area is 189 Å². The van der Waals surface area contributed by atoms with Gasteiger partial charge in [0.1, 0.15) is 5.82 Å². The highest BCUT2D eigenvalue weighted by Gasteiger charge is 2.38. The van der Waals surface area contributed by atoms with Crippen LogP contribution < -0.4 is 0 Å². The van der Waals surface area contributed by atoms with E-state index >= 15 is 0 Å². The lowest BCUT2D eigenvalue weighted by Gasteiger charge is -2.16. The molecule has 1 aliphatic heterocycles. The molecule has 31 heavy (non-hydrogen) atoms.